The normalized spacial score (nSPS) is 13.3. The smallest absolute Gasteiger partial charge is 0.273 e. The Morgan fingerprint density at radius 1 is 1.25 bits per heavy atom. The van der Waals surface area contributed by atoms with Crippen LogP contribution < -0.4 is 10.0 Å². The predicted molar refractivity (Wildman–Crippen MR) is 74.4 cm³/mol. The molecule has 1 atom stereocenters. The van der Waals surface area contributed by atoms with Gasteiger partial charge in [0.25, 0.3) is 10.0 Å². The Morgan fingerprint density at radius 3 is 2.60 bits per heavy atom. The summed E-state index contributed by atoms with van der Waals surface area (Å²) in [4.78, 5) is 3.97. The number of sulfonamides is 1. The van der Waals surface area contributed by atoms with E-state index in [1.807, 2.05) is 19.1 Å². The Morgan fingerprint density at radius 2 is 1.95 bits per heavy atom. The molecule has 2 rings (SSSR count). The van der Waals surface area contributed by atoms with Crippen molar-refractivity contribution in [2.24, 2.45) is 0 Å². The van der Waals surface area contributed by atoms with Crippen LogP contribution in [-0.4, -0.2) is 20.4 Å². The van der Waals surface area contributed by atoms with Crippen molar-refractivity contribution in [3.8, 4) is 0 Å². The minimum Gasteiger partial charge on any atom is -0.447 e. The van der Waals surface area contributed by atoms with Crippen LogP contribution in [0.2, 0.25) is 0 Å². The minimum atomic E-state index is -3.52. The fraction of sp³-hybridized carbons (Fsp3) is 0.308. The van der Waals surface area contributed by atoms with Crippen LogP contribution in [0.4, 0.5) is 0 Å². The van der Waals surface area contributed by atoms with E-state index in [1.165, 1.54) is 13.1 Å². The number of nitrogens with zero attached hydrogens (tertiary/aromatic N) is 1. The van der Waals surface area contributed by atoms with Gasteiger partial charge in [0.2, 0.25) is 5.09 Å². The molecule has 2 N–H and O–H groups in total. The van der Waals surface area contributed by atoms with E-state index in [2.05, 4.69) is 15.0 Å². The van der Waals surface area contributed by atoms with E-state index >= 15 is 0 Å². The number of nitrogens with one attached hydrogen (secondary N) is 2. The molecule has 20 heavy (non-hydrogen) atoms. The molecule has 0 aromatic carbocycles. The van der Waals surface area contributed by atoms with Crippen molar-refractivity contribution in [3.05, 3.63) is 48.0 Å². The van der Waals surface area contributed by atoms with Crippen LogP contribution in [0, 0.1) is 0 Å². The summed E-state index contributed by atoms with van der Waals surface area (Å²) in [6.45, 7) is 2.46. The summed E-state index contributed by atoms with van der Waals surface area (Å²) in [5, 5.41) is 3.19. The van der Waals surface area contributed by atoms with Gasteiger partial charge in [-0.25, -0.2) is 13.1 Å². The molecule has 0 amide bonds. The summed E-state index contributed by atoms with van der Waals surface area (Å²) in [6, 6.07) is 7.07. The summed E-state index contributed by atoms with van der Waals surface area (Å²) in [5.74, 6) is 0.569. The standard InChI is InChI=1S/C13H17N3O3S/c1-10(11-5-7-15-8-6-11)16-9-12-3-4-13(19-12)20(17,18)14-2/h3-8,10,14,16H,9H2,1-2H3. The molecule has 0 radical (unpaired) electrons. The highest BCUT2D eigenvalue weighted by Gasteiger charge is 2.16. The third kappa shape index (κ3) is 3.44. The van der Waals surface area contributed by atoms with Crippen molar-refractivity contribution >= 4 is 10.0 Å². The maximum Gasteiger partial charge on any atom is 0.273 e. The Bertz CT molecular complexity index is 653. The van der Waals surface area contributed by atoms with Gasteiger partial charge in [-0.15, -0.1) is 0 Å². The molecule has 1 unspecified atom stereocenters. The molecule has 0 spiro atoms. The van der Waals surface area contributed by atoms with Gasteiger partial charge in [-0.2, -0.15) is 0 Å². The Labute approximate surface area is 118 Å². The van der Waals surface area contributed by atoms with Crippen molar-refractivity contribution in [3.63, 3.8) is 0 Å². The maximum atomic E-state index is 11.5. The Balaban J connectivity index is 1.99. The number of pyridine rings is 1. The van der Waals surface area contributed by atoms with Gasteiger partial charge in [0.15, 0.2) is 0 Å². The SMILES string of the molecule is CNS(=O)(=O)c1ccc(CNC(C)c2ccncc2)o1. The molecule has 0 fully saturated rings. The highest BCUT2D eigenvalue weighted by atomic mass is 32.2. The zero-order valence-electron chi connectivity index (χ0n) is 11.3. The second-order valence-corrected chi connectivity index (χ2v) is 6.13. The zero-order chi connectivity index (χ0) is 14.6. The highest BCUT2D eigenvalue weighted by Crippen LogP contribution is 2.15. The molecule has 108 valence electrons. The molecule has 2 aromatic heterocycles. The predicted octanol–water partition coefficient (Wildman–Crippen LogP) is 1.43. The summed E-state index contributed by atoms with van der Waals surface area (Å²) in [7, 11) is -2.17. The van der Waals surface area contributed by atoms with E-state index in [1.54, 1.807) is 18.5 Å². The van der Waals surface area contributed by atoms with Crippen LogP contribution in [-0.2, 0) is 16.6 Å². The van der Waals surface area contributed by atoms with Crippen LogP contribution in [0.5, 0.6) is 0 Å². The molecule has 0 saturated carbocycles. The van der Waals surface area contributed by atoms with Gasteiger partial charge >= 0.3 is 0 Å². The van der Waals surface area contributed by atoms with Crippen molar-refractivity contribution < 1.29 is 12.8 Å². The van der Waals surface area contributed by atoms with E-state index in [0.717, 1.165) is 5.56 Å². The van der Waals surface area contributed by atoms with E-state index in [0.29, 0.717) is 12.3 Å². The fourth-order valence-corrected chi connectivity index (χ4v) is 2.39. The molecule has 2 aromatic rings. The summed E-state index contributed by atoms with van der Waals surface area (Å²) in [5.41, 5.74) is 1.11. The van der Waals surface area contributed by atoms with E-state index in [-0.39, 0.29) is 11.1 Å². The molecule has 0 aliphatic rings. The zero-order valence-corrected chi connectivity index (χ0v) is 12.1. The number of hydrogen-bond donors (Lipinski definition) is 2. The molecule has 0 aliphatic carbocycles. The third-order valence-corrected chi connectivity index (χ3v) is 4.25. The van der Waals surface area contributed by atoms with E-state index in [9.17, 15) is 8.42 Å². The number of rotatable bonds is 6. The second-order valence-electron chi connectivity index (χ2n) is 4.31. The third-order valence-electron chi connectivity index (χ3n) is 2.96. The first-order valence-electron chi connectivity index (χ1n) is 6.18. The summed E-state index contributed by atoms with van der Waals surface area (Å²) in [6.07, 6.45) is 3.47. The largest absolute Gasteiger partial charge is 0.447 e. The summed E-state index contributed by atoms with van der Waals surface area (Å²) >= 11 is 0. The van der Waals surface area contributed by atoms with Gasteiger partial charge in [-0.3, -0.25) is 4.98 Å². The summed E-state index contributed by atoms with van der Waals surface area (Å²) < 4.78 is 30.6. The van der Waals surface area contributed by atoms with Crippen LogP contribution in [0.25, 0.3) is 0 Å². The molecule has 0 bridgehead atoms. The van der Waals surface area contributed by atoms with Gasteiger partial charge in [0.1, 0.15) is 5.76 Å². The topological polar surface area (TPSA) is 84.2 Å². The van der Waals surface area contributed by atoms with Crippen LogP contribution in [0.1, 0.15) is 24.3 Å². The van der Waals surface area contributed by atoms with Gasteiger partial charge in [-0.1, -0.05) is 0 Å². The Kier molecular flexibility index (Phi) is 4.53. The van der Waals surface area contributed by atoms with E-state index in [4.69, 9.17) is 4.42 Å². The lowest BCUT2D eigenvalue weighted by Gasteiger charge is -2.12. The minimum absolute atomic E-state index is 0.0756. The number of hydrogen-bond acceptors (Lipinski definition) is 5. The maximum absolute atomic E-state index is 11.5. The van der Waals surface area contributed by atoms with Gasteiger partial charge in [0.05, 0.1) is 6.54 Å². The number of aromatic nitrogens is 1. The van der Waals surface area contributed by atoms with Crippen LogP contribution >= 0.6 is 0 Å². The van der Waals surface area contributed by atoms with Crippen LogP contribution in [0.3, 0.4) is 0 Å². The monoisotopic (exact) mass is 295 g/mol. The molecule has 0 saturated heterocycles. The van der Waals surface area contributed by atoms with Crippen molar-refractivity contribution in [1.29, 1.82) is 0 Å². The van der Waals surface area contributed by atoms with Gasteiger partial charge < -0.3 is 9.73 Å². The molecule has 0 aliphatic heterocycles. The fourth-order valence-electron chi connectivity index (χ4n) is 1.72. The second kappa shape index (κ2) is 6.17. The molecule has 2 heterocycles. The average molecular weight is 295 g/mol. The molecular weight excluding hydrogens is 278 g/mol. The quantitative estimate of drug-likeness (QED) is 0.842. The Hall–Kier alpha value is -1.70. The molecule has 7 heteroatoms. The number of furan rings is 1. The first-order valence-corrected chi connectivity index (χ1v) is 7.67. The lowest BCUT2D eigenvalue weighted by molar-refractivity contribution is 0.392. The first-order chi connectivity index (χ1) is 9.53. The molecule has 6 nitrogen and oxygen atoms in total. The van der Waals surface area contributed by atoms with Crippen molar-refractivity contribution in [1.82, 2.24) is 15.0 Å². The molecular formula is C13H17N3O3S. The first kappa shape index (κ1) is 14.7. The van der Waals surface area contributed by atoms with Crippen LogP contribution in [0.15, 0.2) is 46.2 Å². The lowest BCUT2D eigenvalue weighted by Crippen LogP contribution is -2.18. The lowest BCUT2D eigenvalue weighted by atomic mass is 10.1. The van der Waals surface area contributed by atoms with Crippen molar-refractivity contribution in [2.45, 2.75) is 24.6 Å². The van der Waals surface area contributed by atoms with E-state index < -0.39 is 10.0 Å². The van der Waals surface area contributed by atoms with Gasteiger partial charge in [-0.05, 0) is 43.8 Å². The van der Waals surface area contributed by atoms with Gasteiger partial charge in [0, 0.05) is 18.4 Å². The van der Waals surface area contributed by atoms with Crippen molar-refractivity contribution in [2.75, 3.05) is 7.05 Å². The average Bonchev–Trinajstić information content (AvgIpc) is 2.95. The highest BCUT2D eigenvalue weighted by molar-refractivity contribution is 7.89.